The fourth-order valence-corrected chi connectivity index (χ4v) is 166. The van der Waals surface area contributed by atoms with E-state index in [4.69, 9.17) is 0 Å². The van der Waals surface area contributed by atoms with Gasteiger partial charge < -0.3 is 17.0 Å². The average molecular weight is 581 g/mol. The Morgan fingerprint density at radius 2 is 0.467 bits per heavy atom. The Bertz CT molecular complexity index is 499. The van der Waals surface area contributed by atoms with E-state index in [1.54, 1.807) is 0 Å². The Morgan fingerprint density at radius 1 is 0.333 bits per heavy atom. The van der Waals surface area contributed by atoms with Gasteiger partial charge >= 0.3 is 23.8 Å². The summed E-state index contributed by atoms with van der Waals surface area (Å²) in [5.41, 5.74) is 0. The van der Waals surface area contributed by atoms with Crippen LogP contribution in [0, 0.1) is 0 Å². The third kappa shape index (κ3) is 4.73. The van der Waals surface area contributed by atoms with E-state index >= 15 is 0 Å². The third-order valence-electron chi connectivity index (χ3n) is 8.30. The first-order valence-corrected chi connectivity index (χ1v) is 41.7. The summed E-state index contributed by atoms with van der Waals surface area (Å²) in [5.74, 6) is 0. The zero-order chi connectivity index (χ0) is 24.6. The SMILES string of the molecule is C[Si](C)(C)[C]([Al]1[S][Al]([C]([Si](C)(C)C)([Si](C)(C)C)[Si](C)(C)C)[S]1)([Si](C)(C)C)[Si](C)(C)C. The maximum atomic E-state index is 2.80. The lowest BCUT2D eigenvalue weighted by molar-refractivity contribution is 1.23. The smallest absolute Gasteiger partial charge is 0.326 e. The topological polar surface area (TPSA) is 0 Å². The summed E-state index contributed by atoms with van der Waals surface area (Å²) >= 11 is -1.71. The minimum atomic E-state index is -1.27. The van der Waals surface area contributed by atoms with Crippen molar-refractivity contribution in [3.63, 3.8) is 0 Å². The summed E-state index contributed by atoms with van der Waals surface area (Å²) in [4.78, 5) is 0. The zero-order valence-corrected chi connectivity index (χ0v) is 33.9. The molecule has 176 valence electrons. The monoisotopic (exact) mass is 580 g/mol. The summed E-state index contributed by atoms with van der Waals surface area (Å²) < 4.78 is 1.69. The molecule has 0 aliphatic carbocycles. The highest BCUT2D eigenvalue weighted by molar-refractivity contribution is 8.93. The van der Waals surface area contributed by atoms with Crippen molar-refractivity contribution in [2.45, 2.75) is 124 Å². The molecule has 1 saturated heterocycles. The Labute approximate surface area is 211 Å². The molecule has 1 heterocycles. The first-order chi connectivity index (χ1) is 12.7. The summed E-state index contributed by atoms with van der Waals surface area (Å²) in [6.45, 7) is 49.9. The largest absolute Gasteiger partial charge is 0.388 e. The number of hydrogen-bond acceptors (Lipinski definition) is 2. The van der Waals surface area contributed by atoms with E-state index < -0.39 is 72.2 Å². The van der Waals surface area contributed by atoms with Crippen LogP contribution in [0.4, 0.5) is 0 Å². The fourth-order valence-electron chi connectivity index (χ4n) is 9.51. The van der Waals surface area contributed by atoms with Crippen molar-refractivity contribution in [2.24, 2.45) is 0 Å². The summed E-state index contributed by atoms with van der Waals surface area (Å²) in [7, 11) is -2.01. The summed E-state index contributed by atoms with van der Waals surface area (Å²) in [6, 6.07) is 0. The van der Waals surface area contributed by atoms with Crippen molar-refractivity contribution in [3.8, 4) is 0 Å². The Morgan fingerprint density at radius 3 is 0.567 bits per heavy atom. The van der Waals surface area contributed by atoms with Gasteiger partial charge in [0, 0.05) is 48.4 Å². The van der Waals surface area contributed by atoms with Crippen molar-refractivity contribution in [2.75, 3.05) is 0 Å². The molecule has 1 aliphatic heterocycles. The molecule has 0 aromatic rings. The molecule has 0 N–H and O–H groups in total. The van der Waals surface area contributed by atoms with Crippen LogP contribution >= 0.6 is 17.0 Å². The first-order valence-electron chi connectivity index (χ1n) is 12.0. The highest BCUT2D eigenvalue weighted by atomic mass is 32.8. The lowest BCUT2D eigenvalue weighted by Crippen LogP contribution is -2.77. The van der Waals surface area contributed by atoms with Gasteiger partial charge in [0.2, 0.25) is 0 Å². The Kier molecular flexibility index (Phi) is 9.19. The molecule has 0 aromatic heterocycles. The standard InChI is InChI=1S/2C10H27Si3.2Al.2S/c2*1-11(2,3)10(12(4,5)6)13(7,8)9;;;;/h2*1-9H3;;;;. The molecule has 10 heteroatoms. The van der Waals surface area contributed by atoms with E-state index in [-0.39, 0.29) is 0 Å². The molecular weight excluding hydrogens is 527 g/mol. The maximum absolute atomic E-state index is 2.80. The fraction of sp³-hybridized carbons (Fsp3) is 1.00. The summed E-state index contributed by atoms with van der Waals surface area (Å²) in [6.07, 6.45) is 0. The highest BCUT2D eigenvalue weighted by Gasteiger charge is 2.75. The lowest BCUT2D eigenvalue weighted by Gasteiger charge is -2.69. The highest BCUT2D eigenvalue weighted by Crippen LogP contribution is 2.72. The van der Waals surface area contributed by atoms with Crippen LogP contribution in [-0.4, -0.2) is 72.2 Å². The molecule has 1 fully saturated rings. The zero-order valence-electron chi connectivity index (χ0n) is 24.0. The van der Waals surface area contributed by atoms with E-state index in [0.717, 1.165) is 6.29 Å². The second-order valence-corrected chi connectivity index (χ2v) is 71.8. The molecule has 30 heavy (non-hydrogen) atoms. The van der Waals surface area contributed by atoms with Crippen LogP contribution in [0.15, 0.2) is 0 Å². The minimum Gasteiger partial charge on any atom is -0.326 e. The first kappa shape index (κ1) is 31.1. The molecule has 1 rings (SSSR count). The van der Waals surface area contributed by atoms with Gasteiger partial charge in [-0.25, -0.2) is 0 Å². The van der Waals surface area contributed by atoms with Gasteiger partial charge in [0.25, 0.3) is 0 Å². The van der Waals surface area contributed by atoms with Gasteiger partial charge in [0.1, 0.15) is 0 Å². The Hall–Kier alpha value is 3.07. The molecule has 0 amide bonds. The molecule has 0 saturated carbocycles. The minimum absolute atomic E-state index is 0.843. The van der Waals surface area contributed by atoms with Crippen molar-refractivity contribution in [1.82, 2.24) is 0 Å². The molecule has 0 nitrogen and oxygen atoms in total. The normalized spacial score (nSPS) is 18.6. The molecule has 1 aliphatic rings. The second kappa shape index (κ2) is 8.87. The van der Waals surface area contributed by atoms with Gasteiger partial charge in [-0.15, -0.1) is 0 Å². The predicted molar refractivity (Wildman–Crippen MR) is 172 cm³/mol. The van der Waals surface area contributed by atoms with Crippen LogP contribution in [0.3, 0.4) is 0 Å². The van der Waals surface area contributed by atoms with E-state index in [1.165, 1.54) is 0 Å². The summed E-state index contributed by atoms with van der Waals surface area (Å²) in [5, 5.41) is 0. The average Bonchev–Trinajstić information content (AvgIpc) is 2.24. The van der Waals surface area contributed by atoms with Gasteiger partial charge in [0.05, 0.1) is 0 Å². The van der Waals surface area contributed by atoms with Crippen molar-refractivity contribution < 1.29 is 0 Å². The lowest BCUT2D eigenvalue weighted by atomic mass is 11.6. The number of hydrogen-bond donors (Lipinski definition) is 0. The van der Waals surface area contributed by atoms with Crippen molar-refractivity contribution >= 4 is 89.2 Å². The van der Waals surface area contributed by atoms with Gasteiger partial charge in [-0.2, -0.15) is 0 Å². The van der Waals surface area contributed by atoms with E-state index in [2.05, 4.69) is 135 Å². The van der Waals surface area contributed by atoms with Gasteiger partial charge in [-0.05, 0) is 0 Å². The van der Waals surface area contributed by atoms with Crippen LogP contribution in [0.2, 0.25) is 124 Å². The molecule has 0 unspecified atom stereocenters. The third-order valence-corrected chi connectivity index (χ3v) is 108. The molecule has 0 spiro atoms. The maximum Gasteiger partial charge on any atom is 0.388 e. The van der Waals surface area contributed by atoms with Crippen LogP contribution in [0.5, 0.6) is 0 Å². The predicted octanol–water partition coefficient (Wildman–Crippen LogP) is 9.19. The second-order valence-electron chi connectivity index (χ2n) is 16.1. The van der Waals surface area contributed by atoms with Gasteiger partial charge in [-0.1, -0.05) is 124 Å². The van der Waals surface area contributed by atoms with Crippen LogP contribution < -0.4 is 0 Å². The molecule has 0 radical (unpaired) electrons. The van der Waals surface area contributed by atoms with Crippen LogP contribution in [0.1, 0.15) is 0 Å². The van der Waals surface area contributed by atoms with Crippen LogP contribution in [0.25, 0.3) is 0 Å². The van der Waals surface area contributed by atoms with Crippen molar-refractivity contribution in [1.29, 1.82) is 0 Å². The molecule has 0 bridgehead atoms. The number of rotatable bonds is 8. The van der Waals surface area contributed by atoms with Crippen LogP contribution in [-0.2, 0) is 0 Å². The van der Waals surface area contributed by atoms with E-state index in [9.17, 15) is 0 Å². The van der Waals surface area contributed by atoms with E-state index in [0.29, 0.717) is 0 Å². The Balaban J connectivity index is 3.68. The molecule has 0 atom stereocenters. The molecule has 0 aromatic carbocycles. The molecular formula is C20H54Al2S2Si6. The van der Waals surface area contributed by atoms with Crippen molar-refractivity contribution in [3.05, 3.63) is 0 Å². The van der Waals surface area contributed by atoms with Gasteiger partial charge in [0.15, 0.2) is 0 Å². The quantitative estimate of drug-likeness (QED) is 0.262. The van der Waals surface area contributed by atoms with Gasteiger partial charge in [-0.3, -0.25) is 0 Å². The van der Waals surface area contributed by atoms with E-state index in [1.807, 2.05) is 0 Å².